The van der Waals surface area contributed by atoms with Crippen LogP contribution < -0.4 is 15.4 Å². The third-order valence-corrected chi connectivity index (χ3v) is 3.35. The van der Waals surface area contributed by atoms with Crippen LogP contribution in [0, 0.1) is 0 Å². The van der Waals surface area contributed by atoms with Gasteiger partial charge in [0, 0.05) is 14.1 Å². The number of rotatable bonds is 6. The van der Waals surface area contributed by atoms with E-state index in [0.717, 1.165) is 36.8 Å². The molecule has 0 aromatic carbocycles. The van der Waals surface area contributed by atoms with Crippen molar-refractivity contribution in [3.8, 4) is 5.88 Å². The summed E-state index contributed by atoms with van der Waals surface area (Å²) < 4.78 is 5.25. The highest BCUT2D eigenvalue weighted by atomic mass is 32.1. The van der Waals surface area contributed by atoms with Gasteiger partial charge in [0.2, 0.25) is 5.88 Å². The minimum Gasteiger partial charge on any atom is -0.480 e. The normalized spacial score (nSPS) is 10.4. The zero-order valence-corrected chi connectivity index (χ0v) is 10.4. The number of aryl methyl sites for hydroxylation is 1. The molecule has 0 aliphatic rings. The fourth-order valence-corrected chi connectivity index (χ4v) is 2.26. The van der Waals surface area contributed by atoms with E-state index in [2.05, 4.69) is 4.98 Å². The van der Waals surface area contributed by atoms with E-state index < -0.39 is 0 Å². The SMILES string of the molecule is COc1nc(N(C)C)sc1CCCCN. The number of nitrogens with zero attached hydrogens (tertiary/aromatic N) is 2. The monoisotopic (exact) mass is 229 g/mol. The van der Waals surface area contributed by atoms with Crippen LogP contribution in [0.15, 0.2) is 0 Å². The molecule has 4 nitrogen and oxygen atoms in total. The second-order valence-corrected chi connectivity index (χ2v) is 4.63. The average Bonchev–Trinajstić information content (AvgIpc) is 2.62. The summed E-state index contributed by atoms with van der Waals surface area (Å²) in [4.78, 5) is 7.61. The Morgan fingerprint density at radius 1 is 1.40 bits per heavy atom. The van der Waals surface area contributed by atoms with E-state index in [0.29, 0.717) is 0 Å². The van der Waals surface area contributed by atoms with Crippen molar-refractivity contribution in [1.29, 1.82) is 0 Å². The molecule has 1 aromatic heterocycles. The van der Waals surface area contributed by atoms with Crippen molar-refractivity contribution in [2.45, 2.75) is 19.3 Å². The molecule has 1 rings (SSSR count). The number of nitrogens with two attached hydrogens (primary N) is 1. The van der Waals surface area contributed by atoms with Gasteiger partial charge in [-0.05, 0) is 25.8 Å². The number of methoxy groups -OCH3 is 1. The van der Waals surface area contributed by atoms with E-state index in [9.17, 15) is 0 Å². The lowest BCUT2D eigenvalue weighted by molar-refractivity contribution is 0.396. The predicted octanol–water partition coefficient (Wildman–Crippen LogP) is 1.50. The van der Waals surface area contributed by atoms with Gasteiger partial charge < -0.3 is 15.4 Å². The highest BCUT2D eigenvalue weighted by Gasteiger charge is 2.12. The summed E-state index contributed by atoms with van der Waals surface area (Å²) in [6, 6.07) is 0. The number of thiazole rings is 1. The molecule has 0 aliphatic carbocycles. The van der Waals surface area contributed by atoms with Gasteiger partial charge in [0.1, 0.15) is 0 Å². The Kier molecular flexibility index (Phi) is 4.84. The Morgan fingerprint density at radius 2 is 2.13 bits per heavy atom. The second kappa shape index (κ2) is 5.92. The molecular weight excluding hydrogens is 210 g/mol. The van der Waals surface area contributed by atoms with Crippen molar-refractivity contribution in [3.63, 3.8) is 0 Å². The number of ether oxygens (including phenoxy) is 1. The number of hydrogen-bond donors (Lipinski definition) is 1. The summed E-state index contributed by atoms with van der Waals surface area (Å²) in [5.74, 6) is 0.765. The first-order valence-corrected chi connectivity index (χ1v) is 5.91. The van der Waals surface area contributed by atoms with E-state index in [-0.39, 0.29) is 0 Å². The van der Waals surface area contributed by atoms with Gasteiger partial charge in [0.05, 0.1) is 12.0 Å². The first-order chi connectivity index (χ1) is 7.19. The number of aromatic nitrogens is 1. The van der Waals surface area contributed by atoms with Crippen LogP contribution in [0.1, 0.15) is 17.7 Å². The summed E-state index contributed by atoms with van der Waals surface area (Å²) in [5.41, 5.74) is 5.46. The smallest absolute Gasteiger partial charge is 0.229 e. The summed E-state index contributed by atoms with van der Waals surface area (Å²) >= 11 is 1.69. The van der Waals surface area contributed by atoms with Crippen LogP contribution in [0.3, 0.4) is 0 Å². The quantitative estimate of drug-likeness (QED) is 0.751. The molecule has 0 aliphatic heterocycles. The Morgan fingerprint density at radius 3 is 2.67 bits per heavy atom. The molecular formula is C10H19N3OS. The molecule has 0 bridgehead atoms. The van der Waals surface area contributed by atoms with Crippen LogP contribution in [-0.2, 0) is 6.42 Å². The first kappa shape index (κ1) is 12.3. The standard InChI is InChI=1S/C10H19N3OS/c1-13(2)10-12-9(14-3)8(15-10)6-4-5-7-11/h4-7,11H2,1-3H3. The van der Waals surface area contributed by atoms with E-state index in [1.807, 2.05) is 19.0 Å². The number of hydrogen-bond acceptors (Lipinski definition) is 5. The molecule has 0 saturated heterocycles. The van der Waals surface area contributed by atoms with Gasteiger partial charge in [-0.25, -0.2) is 0 Å². The molecule has 86 valence electrons. The largest absolute Gasteiger partial charge is 0.480 e. The topological polar surface area (TPSA) is 51.4 Å². The molecule has 0 saturated carbocycles. The maximum Gasteiger partial charge on any atom is 0.229 e. The number of unbranched alkanes of at least 4 members (excludes halogenated alkanes) is 1. The Hall–Kier alpha value is -0.810. The van der Waals surface area contributed by atoms with Crippen LogP contribution >= 0.6 is 11.3 Å². The number of anilines is 1. The lowest BCUT2D eigenvalue weighted by Gasteiger charge is -2.04. The lowest BCUT2D eigenvalue weighted by Crippen LogP contribution is -2.07. The van der Waals surface area contributed by atoms with Gasteiger partial charge in [-0.3, -0.25) is 0 Å². The summed E-state index contributed by atoms with van der Waals surface area (Å²) in [6.45, 7) is 0.752. The van der Waals surface area contributed by atoms with Gasteiger partial charge in [-0.2, -0.15) is 4.98 Å². The molecule has 2 N–H and O–H groups in total. The molecule has 0 spiro atoms. The van der Waals surface area contributed by atoms with Crippen molar-refractivity contribution in [1.82, 2.24) is 4.98 Å². The Labute approximate surface area is 95.1 Å². The third-order valence-electron chi connectivity index (χ3n) is 2.08. The fraction of sp³-hybridized carbons (Fsp3) is 0.700. The molecule has 1 heterocycles. The maximum absolute atomic E-state index is 5.46. The third kappa shape index (κ3) is 3.35. The van der Waals surface area contributed by atoms with Gasteiger partial charge in [-0.1, -0.05) is 11.3 Å². The predicted molar refractivity (Wildman–Crippen MR) is 65.0 cm³/mol. The molecule has 0 radical (unpaired) electrons. The van der Waals surface area contributed by atoms with Crippen LogP contribution in [0.5, 0.6) is 5.88 Å². The van der Waals surface area contributed by atoms with E-state index in [1.165, 1.54) is 4.88 Å². The molecule has 0 atom stereocenters. The molecule has 5 heteroatoms. The van der Waals surface area contributed by atoms with Crippen LogP contribution in [0.2, 0.25) is 0 Å². The minimum atomic E-state index is 0.752. The van der Waals surface area contributed by atoms with E-state index in [1.54, 1.807) is 18.4 Å². The Bertz CT molecular complexity index is 299. The average molecular weight is 229 g/mol. The summed E-state index contributed by atoms with van der Waals surface area (Å²) in [7, 11) is 5.64. The van der Waals surface area contributed by atoms with Crippen LogP contribution in [-0.4, -0.2) is 32.7 Å². The Balaban J connectivity index is 2.67. The van der Waals surface area contributed by atoms with Crippen LogP contribution in [0.25, 0.3) is 0 Å². The maximum atomic E-state index is 5.46. The second-order valence-electron chi connectivity index (χ2n) is 3.57. The van der Waals surface area contributed by atoms with Gasteiger partial charge in [0.15, 0.2) is 5.13 Å². The van der Waals surface area contributed by atoms with Gasteiger partial charge in [-0.15, -0.1) is 0 Å². The minimum absolute atomic E-state index is 0.752. The highest BCUT2D eigenvalue weighted by molar-refractivity contribution is 7.15. The van der Waals surface area contributed by atoms with E-state index >= 15 is 0 Å². The van der Waals surface area contributed by atoms with Gasteiger partial charge >= 0.3 is 0 Å². The van der Waals surface area contributed by atoms with Crippen molar-refractivity contribution in [2.24, 2.45) is 5.73 Å². The molecule has 15 heavy (non-hydrogen) atoms. The first-order valence-electron chi connectivity index (χ1n) is 5.10. The molecule has 0 amide bonds. The van der Waals surface area contributed by atoms with Gasteiger partial charge in [0.25, 0.3) is 0 Å². The fourth-order valence-electron chi connectivity index (χ4n) is 1.26. The zero-order chi connectivity index (χ0) is 11.3. The molecule has 0 unspecified atom stereocenters. The van der Waals surface area contributed by atoms with Crippen molar-refractivity contribution < 1.29 is 4.74 Å². The molecule has 1 aromatic rings. The summed E-state index contributed by atoms with van der Waals surface area (Å²) in [5, 5.41) is 0.995. The summed E-state index contributed by atoms with van der Waals surface area (Å²) in [6.07, 6.45) is 3.16. The van der Waals surface area contributed by atoms with E-state index in [4.69, 9.17) is 10.5 Å². The van der Waals surface area contributed by atoms with Crippen LogP contribution in [0.4, 0.5) is 5.13 Å². The lowest BCUT2D eigenvalue weighted by atomic mass is 10.2. The van der Waals surface area contributed by atoms with Crippen molar-refractivity contribution in [3.05, 3.63) is 4.88 Å². The molecule has 0 fully saturated rings. The van der Waals surface area contributed by atoms with Crippen molar-refractivity contribution >= 4 is 16.5 Å². The highest BCUT2D eigenvalue weighted by Crippen LogP contribution is 2.31. The van der Waals surface area contributed by atoms with Crippen molar-refractivity contribution in [2.75, 3.05) is 32.6 Å². The zero-order valence-electron chi connectivity index (χ0n) is 9.62.